The average Bonchev–Trinajstić information content (AvgIpc) is 3.07. The zero-order valence-electron chi connectivity index (χ0n) is 27.2. The van der Waals surface area contributed by atoms with Gasteiger partial charge < -0.3 is 30.5 Å². The van der Waals surface area contributed by atoms with Crippen molar-refractivity contribution in [3.8, 4) is 11.5 Å². The van der Waals surface area contributed by atoms with E-state index in [1.54, 1.807) is 0 Å². The van der Waals surface area contributed by atoms with E-state index in [1.807, 2.05) is 10.6 Å². The quantitative estimate of drug-likeness (QED) is 0.153. The molecule has 0 aliphatic carbocycles. The predicted octanol–water partition coefficient (Wildman–Crippen LogP) is 4.76. The Morgan fingerprint density at radius 3 is 1.92 bits per heavy atom. The third-order valence-corrected chi connectivity index (χ3v) is 7.70. The number of methoxy groups -OCH3 is 1. The SMILES string of the molecule is COc1ccc([C@H](NC(=O)[C@H](Cc2ccc(OCC(=O)O)cc2)NC(=O)C(F)(F)c2ccccc2Cl)C(=O)N[C@H](C(=O)C(F)(F)F)C(C)C)cc1. The molecule has 0 fully saturated rings. The van der Waals surface area contributed by atoms with E-state index in [0.29, 0.717) is 5.75 Å². The normalized spacial score (nSPS) is 13.4. The molecular formula is C34H33ClF5N3O8. The Morgan fingerprint density at radius 1 is 0.804 bits per heavy atom. The second-order valence-corrected chi connectivity index (χ2v) is 11.8. The van der Waals surface area contributed by atoms with Crippen molar-refractivity contribution in [1.82, 2.24) is 16.0 Å². The molecule has 0 aliphatic heterocycles. The van der Waals surface area contributed by atoms with Gasteiger partial charge in [0.15, 0.2) is 6.61 Å². The van der Waals surface area contributed by atoms with Crippen molar-refractivity contribution in [2.45, 2.75) is 50.5 Å². The van der Waals surface area contributed by atoms with E-state index < -0.39 is 89.2 Å². The number of alkyl halides is 5. The highest BCUT2D eigenvalue weighted by atomic mass is 35.5. The molecule has 0 aromatic heterocycles. The highest BCUT2D eigenvalue weighted by Gasteiger charge is 2.46. The second-order valence-electron chi connectivity index (χ2n) is 11.4. The minimum atomic E-state index is -5.31. The molecule has 0 bridgehead atoms. The Kier molecular flexibility index (Phi) is 13.5. The number of aliphatic carboxylic acids is 1. The summed E-state index contributed by atoms with van der Waals surface area (Å²) in [5.74, 6) is -12.8. The average molecular weight is 742 g/mol. The first-order valence-electron chi connectivity index (χ1n) is 15.1. The number of carbonyl (C=O) groups is 5. The number of amides is 3. The maximum Gasteiger partial charge on any atom is 0.452 e. The lowest BCUT2D eigenvalue weighted by Crippen LogP contribution is -2.56. The number of rotatable bonds is 16. The van der Waals surface area contributed by atoms with Gasteiger partial charge in [0.2, 0.25) is 11.8 Å². The zero-order valence-corrected chi connectivity index (χ0v) is 28.0. The van der Waals surface area contributed by atoms with Crippen molar-refractivity contribution in [3.63, 3.8) is 0 Å². The third-order valence-electron chi connectivity index (χ3n) is 7.37. The monoisotopic (exact) mass is 741 g/mol. The molecule has 3 rings (SSSR count). The Balaban J connectivity index is 2.01. The molecular weight excluding hydrogens is 709 g/mol. The van der Waals surface area contributed by atoms with Gasteiger partial charge >= 0.3 is 18.1 Å². The highest BCUT2D eigenvalue weighted by Crippen LogP contribution is 2.34. The van der Waals surface area contributed by atoms with Crippen LogP contribution in [0, 0.1) is 5.92 Å². The van der Waals surface area contributed by atoms with Crippen molar-refractivity contribution >= 4 is 41.1 Å². The molecule has 0 heterocycles. The number of hydrogen-bond donors (Lipinski definition) is 4. The molecule has 3 aromatic rings. The number of hydrogen-bond acceptors (Lipinski definition) is 7. The first-order chi connectivity index (χ1) is 23.8. The van der Waals surface area contributed by atoms with E-state index in [1.165, 1.54) is 81.6 Å². The molecule has 274 valence electrons. The van der Waals surface area contributed by atoms with Gasteiger partial charge in [0.05, 0.1) is 18.2 Å². The van der Waals surface area contributed by atoms with Crippen molar-refractivity contribution in [1.29, 1.82) is 0 Å². The number of ketones is 1. The summed E-state index contributed by atoms with van der Waals surface area (Å²) in [7, 11) is 1.34. The Hall–Kier alpha value is -5.25. The summed E-state index contributed by atoms with van der Waals surface area (Å²) in [4.78, 5) is 63.5. The number of carboxylic acids is 1. The molecule has 0 unspecified atom stereocenters. The van der Waals surface area contributed by atoms with Gasteiger partial charge in [-0.3, -0.25) is 19.2 Å². The molecule has 51 heavy (non-hydrogen) atoms. The third kappa shape index (κ3) is 10.9. The number of halogens is 6. The second kappa shape index (κ2) is 17.1. The molecule has 0 saturated carbocycles. The molecule has 0 aliphatic rings. The molecule has 0 radical (unpaired) electrons. The summed E-state index contributed by atoms with van der Waals surface area (Å²) in [5.41, 5.74) is -0.622. The van der Waals surface area contributed by atoms with Crippen LogP contribution in [0.5, 0.6) is 11.5 Å². The smallest absolute Gasteiger partial charge is 0.452 e. The topological polar surface area (TPSA) is 160 Å². The Bertz CT molecular complexity index is 1720. The van der Waals surface area contributed by atoms with E-state index in [2.05, 4.69) is 5.32 Å². The van der Waals surface area contributed by atoms with E-state index in [0.717, 1.165) is 12.1 Å². The van der Waals surface area contributed by atoms with Crippen LogP contribution in [0.4, 0.5) is 22.0 Å². The maximum atomic E-state index is 15.4. The lowest BCUT2D eigenvalue weighted by molar-refractivity contribution is -0.175. The fourth-order valence-corrected chi connectivity index (χ4v) is 4.94. The molecule has 0 saturated heterocycles. The fraction of sp³-hybridized carbons (Fsp3) is 0.324. The lowest BCUT2D eigenvalue weighted by Gasteiger charge is -2.28. The molecule has 3 atom stereocenters. The standard InChI is InChI=1S/C34H33ClF5N3O8/c1-18(2)27(29(46)34(38,39)40)42-31(48)28(20-10-14-21(50-3)15-11-20)43-30(47)25(16-19-8-12-22(13-9-19)51-17-26(44)45)41-32(49)33(36,37)23-6-4-5-7-24(23)35/h4-15,18,25,27-28H,16-17H2,1-3H3,(H,41,49)(H,42,48)(H,43,47)(H,44,45)/t25-,27-,28-/m0/s1. The summed E-state index contributed by atoms with van der Waals surface area (Å²) in [6.07, 6.45) is -5.79. The van der Waals surface area contributed by atoms with E-state index >= 15 is 8.78 Å². The van der Waals surface area contributed by atoms with Gasteiger partial charge in [-0.1, -0.05) is 67.9 Å². The molecule has 11 nitrogen and oxygen atoms in total. The van der Waals surface area contributed by atoms with Crippen LogP contribution in [0.3, 0.4) is 0 Å². The van der Waals surface area contributed by atoms with Gasteiger partial charge in [0, 0.05) is 12.0 Å². The number of carbonyl (C=O) groups excluding carboxylic acids is 4. The number of carboxylic acid groups (broad SMARTS) is 1. The van der Waals surface area contributed by atoms with Gasteiger partial charge in [-0.15, -0.1) is 0 Å². The first-order valence-corrected chi connectivity index (χ1v) is 15.5. The summed E-state index contributed by atoms with van der Waals surface area (Å²) >= 11 is 5.91. The number of benzene rings is 3. The Labute approximate surface area is 293 Å². The van der Waals surface area contributed by atoms with Crippen molar-refractivity contribution in [2.75, 3.05) is 13.7 Å². The van der Waals surface area contributed by atoms with E-state index in [-0.39, 0.29) is 16.9 Å². The number of nitrogens with one attached hydrogen (secondary N) is 3. The largest absolute Gasteiger partial charge is 0.497 e. The minimum Gasteiger partial charge on any atom is -0.497 e. The summed E-state index contributed by atoms with van der Waals surface area (Å²) < 4.78 is 81.1. The molecule has 4 N–H and O–H groups in total. The zero-order chi connectivity index (χ0) is 38.1. The maximum absolute atomic E-state index is 15.4. The van der Waals surface area contributed by atoms with Crippen LogP contribution >= 0.6 is 11.6 Å². The summed E-state index contributed by atoms with van der Waals surface area (Å²) in [6, 6.07) is 9.62. The van der Waals surface area contributed by atoms with E-state index in [4.69, 9.17) is 26.2 Å². The van der Waals surface area contributed by atoms with Crippen LogP contribution in [-0.4, -0.2) is 66.6 Å². The number of ether oxygens (including phenoxy) is 2. The van der Waals surface area contributed by atoms with Crippen LogP contribution in [0.2, 0.25) is 5.02 Å². The Morgan fingerprint density at radius 2 is 1.39 bits per heavy atom. The molecule has 3 aromatic carbocycles. The van der Waals surface area contributed by atoms with Crippen molar-refractivity contribution < 1.29 is 60.5 Å². The summed E-state index contributed by atoms with van der Waals surface area (Å²) in [5, 5.41) is 14.7. The minimum absolute atomic E-state index is 0.00461. The molecule has 3 amide bonds. The van der Waals surface area contributed by atoms with Gasteiger partial charge in [-0.25, -0.2) is 4.79 Å². The molecule has 17 heteroatoms. The highest BCUT2D eigenvalue weighted by molar-refractivity contribution is 6.31. The van der Waals surface area contributed by atoms with Crippen LogP contribution in [0.15, 0.2) is 72.8 Å². The van der Waals surface area contributed by atoms with Gasteiger partial charge in [0.1, 0.15) is 23.6 Å². The van der Waals surface area contributed by atoms with Crippen LogP contribution in [0.1, 0.15) is 36.6 Å². The number of Topliss-reactive ketones (excluding diaryl/α,β-unsaturated/α-hetero) is 1. The predicted molar refractivity (Wildman–Crippen MR) is 172 cm³/mol. The van der Waals surface area contributed by atoms with Crippen LogP contribution < -0.4 is 25.4 Å². The van der Waals surface area contributed by atoms with Crippen molar-refractivity contribution in [3.05, 3.63) is 94.5 Å². The van der Waals surface area contributed by atoms with Crippen molar-refractivity contribution in [2.24, 2.45) is 5.92 Å². The summed E-state index contributed by atoms with van der Waals surface area (Å²) in [6.45, 7) is 1.86. The van der Waals surface area contributed by atoms with Gasteiger partial charge in [-0.05, 0) is 47.4 Å². The van der Waals surface area contributed by atoms with Gasteiger partial charge in [-0.2, -0.15) is 22.0 Å². The van der Waals surface area contributed by atoms with Crippen LogP contribution in [-0.2, 0) is 36.3 Å². The van der Waals surface area contributed by atoms with Gasteiger partial charge in [0.25, 0.3) is 11.7 Å². The molecule has 0 spiro atoms. The first kappa shape index (κ1) is 40.2. The van der Waals surface area contributed by atoms with Crippen LogP contribution in [0.25, 0.3) is 0 Å². The van der Waals surface area contributed by atoms with E-state index in [9.17, 15) is 37.1 Å². The fourth-order valence-electron chi connectivity index (χ4n) is 4.69. The lowest BCUT2D eigenvalue weighted by atomic mass is 9.97.